The van der Waals surface area contributed by atoms with Crippen LogP contribution in [0.15, 0.2) is 36.5 Å². The minimum atomic E-state index is 0.249. The van der Waals surface area contributed by atoms with Gasteiger partial charge in [-0.3, -0.25) is 4.98 Å². The third-order valence-electron chi connectivity index (χ3n) is 2.49. The molecule has 0 saturated heterocycles. The lowest BCUT2D eigenvalue weighted by molar-refractivity contribution is 0.174. The van der Waals surface area contributed by atoms with Crippen LogP contribution in [0, 0.1) is 0 Å². The van der Waals surface area contributed by atoms with E-state index in [0.29, 0.717) is 11.4 Å². The molecule has 1 aliphatic heterocycles. The lowest BCUT2D eigenvalue weighted by Crippen LogP contribution is -1.95. The van der Waals surface area contributed by atoms with Crippen molar-refractivity contribution in [2.75, 3.05) is 12.5 Å². The minimum Gasteiger partial charge on any atom is -0.454 e. The molecule has 0 aliphatic carbocycles. The number of fused-ring (bicyclic) bond motifs is 1. The number of pyridine rings is 1. The lowest BCUT2D eigenvalue weighted by Gasteiger charge is -2.07. The van der Waals surface area contributed by atoms with Gasteiger partial charge in [0, 0.05) is 11.8 Å². The summed E-state index contributed by atoms with van der Waals surface area (Å²) in [6, 6.07) is 9.31. The zero-order chi connectivity index (χ0) is 11.0. The topological polar surface area (TPSA) is 57.4 Å². The van der Waals surface area contributed by atoms with Crippen molar-refractivity contribution >= 4 is 5.69 Å². The van der Waals surface area contributed by atoms with Gasteiger partial charge in [0.05, 0.1) is 11.4 Å². The summed E-state index contributed by atoms with van der Waals surface area (Å²) in [4.78, 5) is 4.27. The number of anilines is 1. The van der Waals surface area contributed by atoms with Crippen LogP contribution in [0.2, 0.25) is 0 Å². The Morgan fingerprint density at radius 2 is 2.06 bits per heavy atom. The summed E-state index contributed by atoms with van der Waals surface area (Å²) < 4.78 is 10.7. The first-order valence-electron chi connectivity index (χ1n) is 4.96. The van der Waals surface area contributed by atoms with Crippen molar-refractivity contribution < 1.29 is 9.47 Å². The Hall–Kier alpha value is -2.23. The van der Waals surface area contributed by atoms with Crippen molar-refractivity contribution in [1.82, 2.24) is 4.98 Å². The molecule has 0 fully saturated rings. The van der Waals surface area contributed by atoms with Crippen molar-refractivity contribution in [3.63, 3.8) is 0 Å². The molecule has 2 heterocycles. The molecule has 16 heavy (non-hydrogen) atoms. The van der Waals surface area contributed by atoms with Crippen LogP contribution in [0.3, 0.4) is 0 Å². The molecular weight excluding hydrogens is 204 g/mol. The van der Waals surface area contributed by atoms with Crippen LogP contribution < -0.4 is 15.2 Å². The summed E-state index contributed by atoms with van der Waals surface area (Å²) in [7, 11) is 0. The van der Waals surface area contributed by atoms with E-state index in [4.69, 9.17) is 15.2 Å². The van der Waals surface area contributed by atoms with Crippen LogP contribution in [0.4, 0.5) is 5.69 Å². The fourth-order valence-electron chi connectivity index (χ4n) is 1.76. The average molecular weight is 214 g/mol. The number of hydrogen-bond donors (Lipinski definition) is 1. The molecule has 0 radical (unpaired) electrons. The fraction of sp³-hybridized carbons (Fsp3) is 0.0833. The fourth-order valence-corrected chi connectivity index (χ4v) is 1.76. The molecule has 1 aliphatic rings. The van der Waals surface area contributed by atoms with E-state index in [0.717, 1.165) is 17.0 Å². The molecular formula is C12H10N2O2. The zero-order valence-corrected chi connectivity index (χ0v) is 8.51. The van der Waals surface area contributed by atoms with Crippen LogP contribution >= 0.6 is 0 Å². The van der Waals surface area contributed by atoms with E-state index in [2.05, 4.69) is 4.98 Å². The first-order chi connectivity index (χ1) is 7.86. The number of benzene rings is 1. The van der Waals surface area contributed by atoms with E-state index >= 15 is 0 Å². The molecule has 0 saturated carbocycles. The SMILES string of the molecule is Nc1cccnc1-c1cccc2c1OCO2. The Kier molecular flexibility index (Phi) is 1.93. The standard InChI is InChI=1S/C12H10N2O2/c13-9-4-2-6-14-11(9)8-3-1-5-10-12(8)16-7-15-10/h1-6H,7,13H2. The van der Waals surface area contributed by atoms with Gasteiger partial charge in [-0.05, 0) is 24.3 Å². The number of nitrogens with two attached hydrogens (primary N) is 1. The number of para-hydroxylation sites is 1. The Balaban J connectivity index is 2.21. The van der Waals surface area contributed by atoms with Crippen LogP contribution in [-0.2, 0) is 0 Å². The molecule has 2 aromatic rings. The molecule has 3 rings (SSSR count). The van der Waals surface area contributed by atoms with Crippen LogP contribution in [0.25, 0.3) is 11.3 Å². The summed E-state index contributed by atoms with van der Waals surface area (Å²) in [5.74, 6) is 1.45. The predicted octanol–water partition coefficient (Wildman–Crippen LogP) is 2.06. The highest BCUT2D eigenvalue weighted by molar-refractivity contribution is 5.79. The molecule has 80 valence electrons. The predicted molar refractivity (Wildman–Crippen MR) is 60.2 cm³/mol. The number of ether oxygens (including phenoxy) is 2. The largest absolute Gasteiger partial charge is 0.454 e. The van der Waals surface area contributed by atoms with Gasteiger partial charge in [-0.1, -0.05) is 6.07 Å². The summed E-state index contributed by atoms with van der Waals surface area (Å²) in [6.07, 6.45) is 1.71. The minimum absolute atomic E-state index is 0.249. The molecule has 2 N–H and O–H groups in total. The molecule has 4 heteroatoms. The molecule has 4 nitrogen and oxygen atoms in total. The van der Waals surface area contributed by atoms with E-state index in [1.165, 1.54) is 0 Å². The average Bonchev–Trinajstić information content (AvgIpc) is 2.77. The summed E-state index contributed by atoms with van der Waals surface area (Å²) in [6.45, 7) is 0.249. The second kappa shape index (κ2) is 3.41. The zero-order valence-electron chi connectivity index (χ0n) is 8.51. The lowest BCUT2D eigenvalue weighted by atomic mass is 10.1. The third kappa shape index (κ3) is 1.27. The van der Waals surface area contributed by atoms with Crippen LogP contribution in [0.5, 0.6) is 11.5 Å². The van der Waals surface area contributed by atoms with Gasteiger partial charge in [-0.2, -0.15) is 0 Å². The van der Waals surface area contributed by atoms with Gasteiger partial charge < -0.3 is 15.2 Å². The van der Waals surface area contributed by atoms with Gasteiger partial charge in [-0.25, -0.2) is 0 Å². The summed E-state index contributed by atoms with van der Waals surface area (Å²) in [5, 5.41) is 0. The highest BCUT2D eigenvalue weighted by Crippen LogP contribution is 2.41. The van der Waals surface area contributed by atoms with Crippen molar-refractivity contribution in [3.8, 4) is 22.8 Å². The molecule has 0 bridgehead atoms. The molecule has 1 aromatic heterocycles. The Morgan fingerprint density at radius 1 is 1.12 bits per heavy atom. The smallest absolute Gasteiger partial charge is 0.231 e. The maximum absolute atomic E-state index is 5.89. The number of rotatable bonds is 1. The van der Waals surface area contributed by atoms with Gasteiger partial charge >= 0.3 is 0 Å². The Labute approximate surface area is 92.6 Å². The monoisotopic (exact) mass is 214 g/mol. The molecule has 0 amide bonds. The highest BCUT2D eigenvalue weighted by atomic mass is 16.7. The molecule has 0 spiro atoms. The van der Waals surface area contributed by atoms with E-state index in [1.807, 2.05) is 24.3 Å². The van der Waals surface area contributed by atoms with Gasteiger partial charge in [0.2, 0.25) is 6.79 Å². The molecule has 0 atom stereocenters. The maximum Gasteiger partial charge on any atom is 0.231 e. The highest BCUT2D eigenvalue weighted by Gasteiger charge is 2.19. The van der Waals surface area contributed by atoms with Crippen molar-refractivity contribution in [2.45, 2.75) is 0 Å². The van der Waals surface area contributed by atoms with E-state index in [9.17, 15) is 0 Å². The molecule has 1 aromatic carbocycles. The number of nitrogen functional groups attached to an aromatic ring is 1. The van der Waals surface area contributed by atoms with Crippen molar-refractivity contribution in [1.29, 1.82) is 0 Å². The van der Waals surface area contributed by atoms with Gasteiger partial charge in [0.25, 0.3) is 0 Å². The number of aromatic nitrogens is 1. The number of hydrogen-bond acceptors (Lipinski definition) is 4. The van der Waals surface area contributed by atoms with E-state index < -0.39 is 0 Å². The second-order valence-corrected chi connectivity index (χ2v) is 3.48. The van der Waals surface area contributed by atoms with Crippen molar-refractivity contribution in [3.05, 3.63) is 36.5 Å². The Morgan fingerprint density at radius 3 is 2.94 bits per heavy atom. The maximum atomic E-state index is 5.89. The normalized spacial score (nSPS) is 12.8. The van der Waals surface area contributed by atoms with E-state index in [1.54, 1.807) is 12.3 Å². The van der Waals surface area contributed by atoms with Crippen LogP contribution in [-0.4, -0.2) is 11.8 Å². The quantitative estimate of drug-likeness (QED) is 0.789. The van der Waals surface area contributed by atoms with Gasteiger partial charge in [0.15, 0.2) is 11.5 Å². The summed E-state index contributed by atoms with van der Waals surface area (Å²) >= 11 is 0. The first kappa shape index (κ1) is 9.03. The third-order valence-corrected chi connectivity index (χ3v) is 2.49. The van der Waals surface area contributed by atoms with Crippen molar-refractivity contribution in [2.24, 2.45) is 0 Å². The van der Waals surface area contributed by atoms with Crippen LogP contribution in [0.1, 0.15) is 0 Å². The number of nitrogens with zero attached hydrogens (tertiary/aromatic N) is 1. The Bertz CT molecular complexity index is 540. The first-order valence-corrected chi connectivity index (χ1v) is 4.96. The summed E-state index contributed by atoms with van der Waals surface area (Å²) in [5.41, 5.74) is 8.11. The van der Waals surface area contributed by atoms with Gasteiger partial charge in [0.1, 0.15) is 0 Å². The van der Waals surface area contributed by atoms with Gasteiger partial charge in [-0.15, -0.1) is 0 Å². The van der Waals surface area contributed by atoms with E-state index in [-0.39, 0.29) is 6.79 Å². The second-order valence-electron chi connectivity index (χ2n) is 3.48. The molecule has 0 unspecified atom stereocenters.